The van der Waals surface area contributed by atoms with E-state index in [1.165, 1.54) is 12.4 Å². The van der Waals surface area contributed by atoms with E-state index in [0.29, 0.717) is 10.8 Å². The van der Waals surface area contributed by atoms with Crippen LogP contribution in [0.4, 0.5) is 4.39 Å². The minimum atomic E-state index is -0.261. The molecule has 2 rings (SSSR count). The molecule has 1 aromatic heterocycles. The molecule has 1 aromatic carbocycles. The third-order valence-corrected chi connectivity index (χ3v) is 2.44. The van der Waals surface area contributed by atoms with E-state index in [2.05, 4.69) is 4.98 Å². The van der Waals surface area contributed by atoms with Crippen LogP contribution in [0.1, 0.15) is 12.5 Å². The number of aromatic nitrogens is 2. The summed E-state index contributed by atoms with van der Waals surface area (Å²) in [5.41, 5.74) is 1.44. The zero-order valence-electron chi connectivity index (χ0n) is 8.24. The maximum Gasteiger partial charge on any atom is 0.147 e. The molecule has 0 radical (unpaired) electrons. The average molecular weight is 225 g/mol. The first-order valence-electron chi connectivity index (χ1n) is 4.69. The number of hydrogen-bond donors (Lipinski definition) is 0. The van der Waals surface area contributed by atoms with Gasteiger partial charge in [-0.2, -0.15) is 0 Å². The van der Waals surface area contributed by atoms with Gasteiger partial charge in [0.05, 0.1) is 5.69 Å². The smallest absolute Gasteiger partial charge is 0.147 e. The van der Waals surface area contributed by atoms with Crippen LogP contribution in [0.25, 0.3) is 5.69 Å². The largest absolute Gasteiger partial charge is 0.302 e. The summed E-state index contributed by atoms with van der Waals surface area (Å²) in [6.45, 7) is 1.99. The zero-order chi connectivity index (χ0) is 10.8. The summed E-state index contributed by atoms with van der Waals surface area (Å²) < 4.78 is 15.2. The van der Waals surface area contributed by atoms with Crippen molar-refractivity contribution in [3.8, 4) is 5.69 Å². The number of benzene rings is 1. The quantitative estimate of drug-likeness (QED) is 0.766. The third-order valence-electron chi connectivity index (χ3n) is 2.25. The predicted molar refractivity (Wildman–Crippen MR) is 57.9 cm³/mol. The van der Waals surface area contributed by atoms with Crippen molar-refractivity contribution in [3.05, 3.63) is 47.3 Å². The number of rotatable bonds is 2. The van der Waals surface area contributed by atoms with E-state index in [0.717, 1.165) is 12.0 Å². The van der Waals surface area contributed by atoms with Crippen LogP contribution in [0.15, 0.2) is 30.7 Å². The Balaban J connectivity index is 2.45. The van der Waals surface area contributed by atoms with E-state index in [-0.39, 0.29) is 5.82 Å². The van der Waals surface area contributed by atoms with Crippen molar-refractivity contribution in [2.75, 3.05) is 0 Å². The molecule has 0 aliphatic rings. The molecule has 0 amide bonds. The van der Waals surface area contributed by atoms with Gasteiger partial charge in [-0.15, -0.1) is 0 Å². The second-order valence-electron chi connectivity index (χ2n) is 3.24. The fourth-order valence-electron chi connectivity index (χ4n) is 1.41. The fraction of sp³-hybridized carbons (Fsp3) is 0.182. The minimum Gasteiger partial charge on any atom is -0.302 e. The van der Waals surface area contributed by atoms with Gasteiger partial charge in [0.25, 0.3) is 0 Å². The molecular weight excluding hydrogens is 215 g/mol. The Morgan fingerprint density at radius 2 is 2.27 bits per heavy atom. The summed E-state index contributed by atoms with van der Waals surface area (Å²) >= 11 is 5.67. The lowest BCUT2D eigenvalue weighted by Crippen LogP contribution is -1.95. The predicted octanol–water partition coefficient (Wildman–Crippen LogP) is 3.23. The molecule has 0 N–H and O–H groups in total. The first-order chi connectivity index (χ1) is 7.20. The standard InChI is InChI=1S/C11H10ClFN2/c1-2-8-3-4-10(9(13)5-8)15-6-11(12)14-7-15/h3-7H,2H2,1H3. The van der Waals surface area contributed by atoms with Crippen LogP contribution in [-0.2, 0) is 6.42 Å². The number of aryl methyl sites for hydroxylation is 1. The highest BCUT2D eigenvalue weighted by Crippen LogP contribution is 2.17. The van der Waals surface area contributed by atoms with Crippen LogP contribution in [0, 0.1) is 5.82 Å². The maximum atomic E-state index is 13.6. The molecule has 0 saturated carbocycles. The fourth-order valence-corrected chi connectivity index (χ4v) is 1.56. The highest BCUT2D eigenvalue weighted by molar-refractivity contribution is 6.29. The van der Waals surface area contributed by atoms with Crippen LogP contribution in [-0.4, -0.2) is 9.55 Å². The van der Waals surface area contributed by atoms with Crippen LogP contribution < -0.4 is 0 Å². The Morgan fingerprint density at radius 3 is 2.80 bits per heavy atom. The van der Waals surface area contributed by atoms with Crippen molar-refractivity contribution >= 4 is 11.6 Å². The Labute approximate surface area is 92.3 Å². The Morgan fingerprint density at radius 1 is 1.47 bits per heavy atom. The second kappa shape index (κ2) is 4.03. The molecule has 1 heterocycles. The van der Waals surface area contributed by atoms with Crippen molar-refractivity contribution in [2.24, 2.45) is 0 Å². The molecule has 4 heteroatoms. The summed E-state index contributed by atoms with van der Waals surface area (Å²) in [6.07, 6.45) is 3.89. The van der Waals surface area contributed by atoms with Gasteiger partial charge in [-0.05, 0) is 24.1 Å². The molecular formula is C11H10ClFN2. The molecule has 0 bridgehead atoms. The molecule has 0 aliphatic heterocycles. The molecule has 0 spiro atoms. The number of nitrogens with zero attached hydrogens (tertiary/aromatic N) is 2. The summed E-state index contributed by atoms with van der Waals surface area (Å²) in [5.74, 6) is -0.261. The normalized spacial score (nSPS) is 10.6. The van der Waals surface area contributed by atoms with E-state index in [4.69, 9.17) is 11.6 Å². The van der Waals surface area contributed by atoms with Crippen LogP contribution in [0.2, 0.25) is 5.15 Å². The lowest BCUT2D eigenvalue weighted by atomic mass is 10.1. The molecule has 0 atom stereocenters. The van der Waals surface area contributed by atoms with Crippen molar-refractivity contribution in [1.82, 2.24) is 9.55 Å². The van der Waals surface area contributed by atoms with Crippen LogP contribution >= 0.6 is 11.6 Å². The van der Waals surface area contributed by atoms with Crippen molar-refractivity contribution in [1.29, 1.82) is 0 Å². The molecule has 0 saturated heterocycles. The Hall–Kier alpha value is -1.35. The van der Waals surface area contributed by atoms with Gasteiger partial charge < -0.3 is 4.57 Å². The van der Waals surface area contributed by atoms with Gasteiger partial charge in [0.1, 0.15) is 17.3 Å². The lowest BCUT2D eigenvalue weighted by molar-refractivity contribution is 0.616. The number of imidazole rings is 1. The lowest BCUT2D eigenvalue weighted by Gasteiger charge is -2.05. The first-order valence-corrected chi connectivity index (χ1v) is 5.07. The summed E-state index contributed by atoms with van der Waals surface area (Å²) in [5, 5.41) is 0.356. The van der Waals surface area contributed by atoms with Crippen molar-refractivity contribution < 1.29 is 4.39 Å². The van der Waals surface area contributed by atoms with E-state index < -0.39 is 0 Å². The van der Waals surface area contributed by atoms with Gasteiger partial charge in [0.2, 0.25) is 0 Å². The Kier molecular flexibility index (Phi) is 2.73. The monoisotopic (exact) mass is 224 g/mol. The molecule has 2 aromatic rings. The number of hydrogen-bond acceptors (Lipinski definition) is 1. The molecule has 2 nitrogen and oxygen atoms in total. The average Bonchev–Trinajstić information content (AvgIpc) is 2.64. The summed E-state index contributed by atoms with van der Waals surface area (Å²) in [4.78, 5) is 3.84. The highest BCUT2D eigenvalue weighted by atomic mass is 35.5. The van der Waals surface area contributed by atoms with E-state index in [1.54, 1.807) is 16.8 Å². The number of halogens is 2. The van der Waals surface area contributed by atoms with Crippen molar-refractivity contribution in [3.63, 3.8) is 0 Å². The maximum absolute atomic E-state index is 13.6. The third kappa shape index (κ3) is 2.02. The van der Waals surface area contributed by atoms with Gasteiger partial charge >= 0.3 is 0 Å². The van der Waals surface area contributed by atoms with Gasteiger partial charge in [0, 0.05) is 6.20 Å². The molecule has 0 unspecified atom stereocenters. The zero-order valence-corrected chi connectivity index (χ0v) is 9.00. The van der Waals surface area contributed by atoms with E-state index in [9.17, 15) is 4.39 Å². The van der Waals surface area contributed by atoms with Gasteiger partial charge in [0.15, 0.2) is 0 Å². The molecule has 0 aliphatic carbocycles. The topological polar surface area (TPSA) is 17.8 Å². The van der Waals surface area contributed by atoms with Crippen LogP contribution in [0.3, 0.4) is 0 Å². The molecule has 0 fully saturated rings. The second-order valence-corrected chi connectivity index (χ2v) is 3.63. The van der Waals surface area contributed by atoms with Crippen molar-refractivity contribution in [2.45, 2.75) is 13.3 Å². The van der Waals surface area contributed by atoms with Gasteiger partial charge in [-0.3, -0.25) is 0 Å². The summed E-state index contributed by atoms with van der Waals surface area (Å²) in [7, 11) is 0. The highest BCUT2D eigenvalue weighted by Gasteiger charge is 2.05. The Bertz CT molecular complexity index is 479. The first kappa shape index (κ1) is 10.2. The van der Waals surface area contributed by atoms with Gasteiger partial charge in [-0.25, -0.2) is 9.37 Å². The van der Waals surface area contributed by atoms with E-state index >= 15 is 0 Å². The summed E-state index contributed by atoms with van der Waals surface area (Å²) in [6, 6.07) is 5.15. The SMILES string of the molecule is CCc1ccc(-n2cnc(Cl)c2)c(F)c1. The minimum absolute atomic E-state index is 0.261. The molecule has 15 heavy (non-hydrogen) atoms. The van der Waals surface area contributed by atoms with Crippen LogP contribution in [0.5, 0.6) is 0 Å². The van der Waals surface area contributed by atoms with Gasteiger partial charge in [-0.1, -0.05) is 24.6 Å². The van der Waals surface area contributed by atoms with E-state index in [1.807, 2.05) is 13.0 Å². The molecule has 78 valence electrons.